The molecule has 1 heterocycles. The lowest BCUT2D eigenvalue weighted by atomic mass is 10.2. The van der Waals surface area contributed by atoms with E-state index in [-0.39, 0.29) is 0 Å². The van der Waals surface area contributed by atoms with Crippen LogP contribution in [0.4, 0.5) is 0 Å². The van der Waals surface area contributed by atoms with Crippen molar-refractivity contribution in [2.45, 2.75) is 19.6 Å². The first kappa shape index (κ1) is 13.2. The maximum atomic E-state index is 9.92. The molecule has 0 saturated carbocycles. The van der Waals surface area contributed by atoms with Gasteiger partial charge in [0.15, 0.2) is 0 Å². The molecule has 1 atom stereocenters. The summed E-state index contributed by atoms with van der Waals surface area (Å²) < 4.78 is 2.04. The Hall–Kier alpha value is -1.84. The third kappa shape index (κ3) is 2.42. The summed E-state index contributed by atoms with van der Waals surface area (Å²) >= 11 is 5.91. The number of rotatable bonds is 3. The lowest BCUT2D eigenvalue weighted by Gasteiger charge is -2.11. The number of imidazole rings is 1. The van der Waals surface area contributed by atoms with Crippen LogP contribution in [0.2, 0.25) is 5.02 Å². The molecular formula is C16H15ClN2O. The van der Waals surface area contributed by atoms with Crippen LogP contribution in [-0.2, 0) is 6.54 Å². The van der Waals surface area contributed by atoms with Crippen LogP contribution in [0, 0.1) is 0 Å². The summed E-state index contributed by atoms with van der Waals surface area (Å²) in [7, 11) is 0. The number of nitrogens with zero attached hydrogens (tertiary/aromatic N) is 2. The molecule has 0 bridgehead atoms. The molecule has 0 aliphatic rings. The fourth-order valence-electron chi connectivity index (χ4n) is 2.35. The van der Waals surface area contributed by atoms with E-state index in [2.05, 4.69) is 4.98 Å². The lowest BCUT2D eigenvalue weighted by Crippen LogP contribution is -2.07. The molecule has 0 radical (unpaired) electrons. The van der Waals surface area contributed by atoms with E-state index < -0.39 is 6.10 Å². The number of aromatic nitrogens is 2. The maximum Gasteiger partial charge on any atom is 0.138 e. The van der Waals surface area contributed by atoms with Gasteiger partial charge in [-0.25, -0.2) is 4.98 Å². The minimum atomic E-state index is -0.602. The van der Waals surface area contributed by atoms with Crippen molar-refractivity contribution in [2.75, 3.05) is 0 Å². The van der Waals surface area contributed by atoms with Crippen molar-refractivity contribution in [2.24, 2.45) is 0 Å². The number of hydrogen-bond acceptors (Lipinski definition) is 2. The Morgan fingerprint density at radius 1 is 1.15 bits per heavy atom. The Bertz CT molecular complexity index is 732. The van der Waals surface area contributed by atoms with E-state index in [9.17, 15) is 5.11 Å². The summed E-state index contributed by atoms with van der Waals surface area (Å²) in [6.07, 6.45) is -0.602. The molecule has 1 unspecified atom stereocenters. The standard InChI is InChI=1S/C16H15ClN2O/c1-11(20)16-18-14-4-2-3-5-15(14)19(16)10-12-6-8-13(17)9-7-12/h2-9,11,20H,10H2,1H3. The second-order valence-electron chi connectivity index (χ2n) is 4.85. The fraction of sp³-hybridized carbons (Fsp3) is 0.188. The quantitative estimate of drug-likeness (QED) is 0.795. The topological polar surface area (TPSA) is 38.1 Å². The molecule has 0 aliphatic heterocycles. The van der Waals surface area contributed by atoms with Crippen molar-refractivity contribution in [1.82, 2.24) is 9.55 Å². The molecule has 20 heavy (non-hydrogen) atoms. The third-order valence-electron chi connectivity index (χ3n) is 3.31. The van der Waals surface area contributed by atoms with Crippen molar-refractivity contribution in [3.05, 3.63) is 64.9 Å². The van der Waals surface area contributed by atoms with Crippen LogP contribution >= 0.6 is 11.6 Å². The maximum absolute atomic E-state index is 9.92. The predicted octanol–water partition coefficient (Wildman–Crippen LogP) is 3.79. The molecule has 0 aliphatic carbocycles. The van der Waals surface area contributed by atoms with Gasteiger partial charge in [-0.2, -0.15) is 0 Å². The molecule has 102 valence electrons. The lowest BCUT2D eigenvalue weighted by molar-refractivity contribution is 0.185. The van der Waals surface area contributed by atoms with Gasteiger partial charge in [-0.3, -0.25) is 0 Å². The summed E-state index contributed by atoms with van der Waals surface area (Å²) in [5.74, 6) is 0.682. The molecule has 3 aromatic rings. The van der Waals surface area contributed by atoms with Gasteiger partial charge in [-0.15, -0.1) is 0 Å². The largest absolute Gasteiger partial charge is 0.385 e. The molecule has 0 spiro atoms. The Balaban J connectivity index is 2.09. The monoisotopic (exact) mass is 286 g/mol. The average molecular weight is 287 g/mol. The van der Waals surface area contributed by atoms with E-state index in [1.807, 2.05) is 53.1 Å². The van der Waals surface area contributed by atoms with Crippen molar-refractivity contribution in [3.63, 3.8) is 0 Å². The minimum Gasteiger partial charge on any atom is -0.385 e. The predicted molar refractivity (Wildman–Crippen MR) is 80.9 cm³/mol. The van der Waals surface area contributed by atoms with E-state index in [0.29, 0.717) is 12.4 Å². The van der Waals surface area contributed by atoms with Gasteiger partial charge in [-0.1, -0.05) is 35.9 Å². The summed E-state index contributed by atoms with van der Waals surface area (Å²) in [4.78, 5) is 4.51. The zero-order chi connectivity index (χ0) is 14.1. The van der Waals surface area contributed by atoms with Crippen LogP contribution in [0.15, 0.2) is 48.5 Å². The highest BCUT2D eigenvalue weighted by Gasteiger charge is 2.14. The molecule has 4 heteroatoms. The van der Waals surface area contributed by atoms with Gasteiger partial charge in [0.2, 0.25) is 0 Å². The minimum absolute atomic E-state index is 0.602. The van der Waals surface area contributed by atoms with Crippen LogP contribution < -0.4 is 0 Å². The van der Waals surface area contributed by atoms with Crippen molar-refractivity contribution in [3.8, 4) is 0 Å². The van der Waals surface area contributed by atoms with Gasteiger partial charge in [0.05, 0.1) is 11.0 Å². The number of aliphatic hydroxyl groups excluding tert-OH is 1. The van der Waals surface area contributed by atoms with Gasteiger partial charge in [-0.05, 0) is 36.8 Å². The second kappa shape index (κ2) is 5.27. The first-order chi connectivity index (χ1) is 9.65. The molecule has 0 amide bonds. The molecular weight excluding hydrogens is 272 g/mol. The molecule has 0 fully saturated rings. The van der Waals surface area contributed by atoms with E-state index in [4.69, 9.17) is 11.6 Å². The fourth-order valence-corrected chi connectivity index (χ4v) is 2.48. The van der Waals surface area contributed by atoms with E-state index in [1.54, 1.807) is 6.92 Å². The molecule has 3 rings (SSSR count). The third-order valence-corrected chi connectivity index (χ3v) is 3.56. The molecule has 2 aromatic carbocycles. The van der Waals surface area contributed by atoms with Gasteiger partial charge in [0.1, 0.15) is 11.9 Å². The van der Waals surface area contributed by atoms with Crippen molar-refractivity contribution in [1.29, 1.82) is 0 Å². The summed E-state index contributed by atoms with van der Waals surface area (Å²) in [5.41, 5.74) is 3.05. The Morgan fingerprint density at radius 3 is 2.55 bits per heavy atom. The average Bonchev–Trinajstić information content (AvgIpc) is 2.81. The van der Waals surface area contributed by atoms with Crippen LogP contribution in [0.25, 0.3) is 11.0 Å². The molecule has 3 nitrogen and oxygen atoms in total. The summed E-state index contributed by atoms with van der Waals surface area (Å²) in [5, 5.41) is 10.6. The van der Waals surface area contributed by atoms with Crippen LogP contribution in [0.3, 0.4) is 0 Å². The highest BCUT2D eigenvalue weighted by molar-refractivity contribution is 6.30. The van der Waals surface area contributed by atoms with Crippen LogP contribution in [0.1, 0.15) is 24.4 Å². The first-order valence-corrected chi connectivity index (χ1v) is 6.90. The number of para-hydroxylation sites is 2. The SMILES string of the molecule is CC(O)c1nc2ccccc2n1Cc1ccc(Cl)cc1. The van der Waals surface area contributed by atoms with Crippen molar-refractivity contribution < 1.29 is 5.11 Å². The number of benzene rings is 2. The van der Waals surface area contributed by atoms with Gasteiger partial charge < -0.3 is 9.67 Å². The number of hydrogen-bond donors (Lipinski definition) is 1. The van der Waals surface area contributed by atoms with E-state index in [1.165, 1.54) is 0 Å². The summed E-state index contributed by atoms with van der Waals surface area (Å²) in [6, 6.07) is 15.6. The zero-order valence-electron chi connectivity index (χ0n) is 11.1. The molecule has 0 saturated heterocycles. The summed E-state index contributed by atoms with van der Waals surface area (Å²) in [6.45, 7) is 2.40. The zero-order valence-corrected chi connectivity index (χ0v) is 11.9. The Kier molecular flexibility index (Phi) is 3.47. The Morgan fingerprint density at radius 2 is 1.85 bits per heavy atom. The van der Waals surface area contributed by atoms with Crippen LogP contribution in [-0.4, -0.2) is 14.7 Å². The number of aliphatic hydroxyl groups is 1. The Labute approximate surface area is 122 Å². The van der Waals surface area contributed by atoms with Crippen molar-refractivity contribution >= 4 is 22.6 Å². The number of halogens is 1. The van der Waals surface area contributed by atoms with E-state index >= 15 is 0 Å². The molecule has 1 N–H and O–H groups in total. The smallest absolute Gasteiger partial charge is 0.138 e. The normalized spacial score (nSPS) is 12.8. The van der Waals surface area contributed by atoms with Crippen LogP contribution in [0.5, 0.6) is 0 Å². The second-order valence-corrected chi connectivity index (χ2v) is 5.28. The van der Waals surface area contributed by atoms with Gasteiger partial charge in [0.25, 0.3) is 0 Å². The number of fused-ring (bicyclic) bond motifs is 1. The highest BCUT2D eigenvalue weighted by Crippen LogP contribution is 2.22. The molecule has 1 aromatic heterocycles. The van der Waals surface area contributed by atoms with Gasteiger partial charge >= 0.3 is 0 Å². The van der Waals surface area contributed by atoms with Gasteiger partial charge in [0, 0.05) is 11.6 Å². The van der Waals surface area contributed by atoms with E-state index in [0.717, 1.165) is 21.6 Å². The highest BCUT2D eigenvalue weighted by atomic mass is 35.5. The first-order valence-electron chi connectivity index (χ1n) is 6.53.